The van der Waals surface area contributed by atoms with E-state index in [9.17, 15) is 19.4 Å². The quantitative estimate of drug-likeness (QED) is 0.0452. The Kier molecular flexibility index (Phi) is 22.3. The number of carbonyl (C=O) groups is 1. The highest BCUT2D eigenvalue weighted by Gasteiger charge is 2.24. The van der Waals surface area contributed by atoms with Gasteiger partial charge in [-0.3, -0.25) is 13.8 Å². The smallest absolute Gasteiger partial charge is 0.463 e. The van der Waals surface area contributed by atoms with Gasteiger partial charge in [0.15, 0.2) is 0 Å². The summed E-state index contributed by atoms with van der Waals surface area (Å²) >= 11 is 0. The Labute approximate surface area is 226 Å². The van der Waals surface area contributed by atoms with Crippen molar-refractivity contribution in [3.63, 3.8) is 0 Å². The number of aliphatic hydroxyl groups is 1. The zero-order valence-corrected chi connectivity index (χ0v) is 24.8. The van der Waals surface area contributed by atoms with Crippen LogP contribution in [-0.4, -0.2) is 74.1 Å². The molecule has 0 aliphatic heterocycles. The predicted molar refractivity (Wildman–Crippen MR) is 150 cm³/mol. The minimum Gasteiger partial charge on any atom is -0.463 e. The van der Waals surface area contributed by atoms with Crippen molar-refractivity contribution in [2.45, 2.75) is 103 Å². The summed E-state index contributed by atoms with van der Waals surface area (Å²) in [4.78, 5) is 21.4. The summed E-state index contributed by atoms with van der Waals surface area (Å²) in [7, 11) is 1.54. The topological polar surface area (TPSA) is 102 Å². The van der Waals surface area contributed by atoms with Gasteiger partial charge in [0.05, 0.1) is 27.7 Å². The molecule has 0 aliphatic carbocycles. The number of likely N-dealkylation sites (N-methyl/N-ethyl adjacent to an activating group) is 1. The van der Waals surface area contributed by atoms with Gasteiger partial charge >= 0.3 is 13.8 Å². The van der Waals surface area contributed by atoms with Crippen molar-refractivity contribution < 1.29 is 37.6 Å². The van der Waals surface area contributed by atoms with Gasteiger partial charge in [0, 0.05) is 6.42 Å². The summed E-state index contributed by atoms with van der Waals surface area (Å²) < 4.78 is 27.0. The van der Waals surface area contributed by atoms with Crippen LogP contribution in [0.2, 0.25) is 0 Å². The number of phosphoric acid groups is 1. The summed E-state index contributed by atoms with van der Waals surface area (Å²) in [5.41, 5.74) is 0. The van der Waals surface area contributed by atoms with Crippen LogP contribution >= 0.6 is 7.82 Å². The van der Waals surface area contributed by atoms with Crippen molar-refractivity contribution in [3.8, 4) is 0 Å². The third-order valence-corrected chi connectivity index (χ3v) is 6.70. The van der Waals surface area contributed by atoms with Crippen LogP contribution in [0.1, 0.15) is 96.8 Å². The van der Waals surface area contributed by atoms with Crippen molar-refractivity contribution in [2.75, 3.05) is 47.5 Å². The van der Waals surface area contributed by atoms with E-state index in [2.05, 4.69) is 31.2 Å². The van der Waals surface area contributed by atoms with Crippen LogP contribution in [0, 0.1) is 0 Å². The maximum absolute atomic E-state index is 11.8. The van der Waals surface area contributed by atoms with E-state index in [4.69, 9.17) is 13.8 Å². The Morgan fingerprint density at radius 3 is 2.00 bits per heavy atom. The third-order valence-electron chi connectivity index (χ3n) is 5.71. The Morgan fingerprint density at radius 2 is 1.41 bits per heavy atom. The Bertz CT molecular complexity index is 661. The molecule has 0 aromatic carbocycles. The summed E-state index contributed by atoms with van der Waals surface area (Å²) in [6, 6.07) is 0. The lowest BCUT2D eigenvalue weighted by Crippen LogP contribution is -2.37. The van der Waals surface area contributed by atoms with E-state index in [1.807, 2.05) is 21.1 Å². The van der Waals surface area contributed by atoms with Gasteiger partial charge < -0.3 is 19.2 Å². The van der Waals surface area contributed by atoms with E-state index in [-0.39, 0.29) is 19.6 Å². The third kappa shape index (κ3) is 27.8. The molecule has 0 saturated heterocycles. The number of hydrogen-bond donors (Lipinski definition) is 2. The number of quaternary nitrogens is 1. The van der Waals surface area contributed by atoms with Gasteiger partial charge in [0.1, 0.15) is 25.9 Å². The summed E-state index contributed by atoms with van der Waals surface area (Å²) in [5.74, 6) is -0.417. The number of allylic oxidation sites excluding steroid dienone is 4. The molecular weight excluding hydrogens is 493 g/mol. The molecule has 8 nitrogen and oxygen atoms in total. The molecule has 0 amide bonds. The zero-order valence-electron chi connectivity index (χ0n) is 23.9. The molecular formula is C28H55NO7P+. The highest BCUT2D eigenvalue weighted by Crippen LogP contribution is 2.43. The molecule has 0 spiro atoms. The van der Waals surface area contributed by atoms with Crippen molar-refractivity contribution >= 4 is 13.8 Å². The van der Waals surface area contributed by atoms with Crippen LogP contribution in [0.4, 0.5) is 0 Å². The summed E-state index contributed by atoms with van der Waals surface area (Å²) in [6.07, 6.45) is 23.3. The van der Waals surface area contributed by atoms with E-state index in [1.165, 1.54) is 57.8 Å². The van der Waals surface area contributed by atoms with E-state index < -0.39 is 26.5 Å². The first kappa shape index (κ1) is 36.0. The molecule has 218 valence electrons. The van der Waals surface area contributed by atoms with Crippen LogP contribution in [-0.2, 0) is 23.1 Å². The van der Waals surface area contributed by atoms with Crippen molar-refractivity contribution in [1.82, 2.24) is 0 Å². The van der Waals surface area contributed by atoms with Gasteiger partial charge in [-0.05, 0) is 32.1 Å². The number of unbranched alkanes of at least 4 members (excludes halogenated alkanes) is 10. The molecule has 0 heterocycles. The normalized spacial score (nSPS) is 14.9. The fourth-order valence-corrected chi connectivity index (χ4v) is 4.15. The van der Waals surface area contributed by atoms with Gasteiger partial charge in [0.2, 0.25) is 0 Å². The minimum absolute atomic E-state index is 0.0481. The fourth-order valence-electron chi connectivity index (χ4n) is 3.40. The van der Waals surface area contributed by atoms with Gasteiger partial charge in [-0.25, -0.2) is 4.57 Å². The van der Waals surface area contributed by atoms with Crippen LogP contribution in [0.3, 0.4) is 0 Å². The highest BCUT2D eigenvalue weighted by atomic mass is 31.2. The standard InChI is InChI=1S/C28H54NO7P/c1-5-6-7-8-9-10-11-12-13-14-15-16-17-18-19-20-21-22-28(31)34-25-27(30)26-36-37(32,33)35-24-23-29(2,3)4/h15-16,18-19,27,30H,5-14,17,20-26H2,1-4H3/p+1/b16-15+,19-18+/t27-/m1/s1. The molecule has 0 rings (SSSR count). The Morgan fingerprint density at radius 1 is 0.838 bits per heavy atom. The van der Waals surface area contributed by atoms with Crippen LogP contribution in [0.5, 0.6) is 0 Å². The maximum atomic E-state index is 11.8. The second kappa shape index (κ2) is 22.9. The molecule has 2 N–H and O–H groups in total. The maximum Gasteiger partial charge on any atom is 0.472 e. The van der Waals surface area contributed by atoms with Gasteiger partial charge in [-0.2, -0.15) is 0 Å². The molecule has 0 aromatic rings. The molecule has 1 unspecified atom stereocenters. The van der Waals surface area contributed by atoms with Crippen LogP contribution in [0.15, 0.2) is 24.3 Å². The lowest BCUT2D eigenvalue weighted by molar-refractivity contribution is -0.870. The number of hydrogen-bond acceptors (Lipinski definition) is 6. The van der Waals surface area contributed by atoms with Crippen LogP contribution in [0.25, 0.3) is 0 Å². The highest BCUT2D eigenvalue weighted by molar-refractivity contribution is 7.47. The lowest BCUT2D eigenvalue weighted by atomic mass is 10.1. The SMILES string of the molecule is CCCCCCCCCCC/C=C/C/C=C/CCCC(=O)OC[C@@H](O)COP(=O)(O)OCC[N+](C)(C)C. The second-order valence-electron chi connectivity index (χ2n) is 10.6. The molecule has 37 heavy (non-hydrogen) atoms. The summed E-state index contributed by atoms with van der Waals surface area (Å²) in [6.45, 7) is 2.08. The van der Waals surface area contributed by atoms with Gasteiger partial charge in [0.25, 0.3) is 0 Å². The monoisotopic (exact) mass is 548 g/mol. The summed E-state index contributed by atoms with van der Waals surface area (Å²) in [5, 5.41) is 9.83. The number of esters is 1. The first-order chi connectivity index (χ1) is 17.6. The molecule has 0 fully saturated rings. The molecule has 2 atom stereocenters. The number of rotatable bonds is 25. The first-order valence-electron chi connectivity index (χ1n) is 14.1. The van der Waals surface area contributed by atoms with Gasteiger partial charge in [-0.1, -0.05) is 82.6 Å². The van der Waals surface area contributed by atoms with Gasteiger partial charge in [-0.15, -0.1) is 0 Å². The molecule has 0 saturated carbocycles. The van der Waals surface area contributed by atoms with E-state index in [1.54, 1.807) is 0 Å². The average molecular weight is 549 g/mol. The largest absolute Gasteiger partial charge is 0.472 e. The number of carbonyl (C=O) groups excluding carboxylic acids is 1. The van der Waals surface area contributed by atoms with Crippen LogP contribution < -0.4 is 0 Å². The van der Waals surface area contributed by atoms with E-state index in [0.717, 1.165) is 19.3 Å². The number of nitrogens with zero attached hydrogens (tertiary/aromatic N) is 1. The van der Waals surface area contributed by atoms with Crippen molar-refractivity contribution in [3.05, 3.63) is 24.3 Å². The Balaban J connectivity index is 3.65. The predicted octanol–water partition coefficient (Wildman–Crippen LogP) is 6.32. The minimum atomic E-state index is -4.25. The second-order valence-corrected chi connectivity index (χ2v) is 12.1. The van der Waals surface area contributed by atoms with Crippen molar-refractivity contribution in [2.24, 2.45) is 0 Å². The van der Waals surface area contributed by atoms with E-state index in [0.29, 0.717) is 17.4 Å². The number of phosphoric ester groups is 1. The first-order valence-corrected chi connectivity index (χ1v) is 15.6. The molecule has 0 bridgehead atoms. The average Bonchev–Trinajstić information content (AvgIpc) is 2.82. The molecule has 0 aromatic heterocycles. The van der Waals surface area contributed by atoms with Crippen molar-refractivity contribution in [1.29, 1.82) is 0 Å². The lowest BCUT2D eigenvalue weighted by Gasteiger charge is -2.24. The van der Waals surface area contributed by atoms with E-state index >= 15 is 0 Å². The Hall–Kier alpha value is -1.02. The molecule has 9 heteroatoms. The molecule has 0 radical (unpaired) electrons. The number of ether oxygens (including phenoxy) is 1. The number of aliphatic hydroxyl groups excluding tert-OH is 1. The molecule has 0 aliphatic rings. The zero-order chi connectivity index (χ0) is 27.8. The fraction of sp³-hybridized carbons (Fsp3) is 0.821.